The molecule has 0 bridgehead atoms. The molecule has 0 saturated carbocycles. The average Bonchev–Trinajstić information content (AvgIpc) is 2.85. The molecule has 0 spiro atoms. The van der Waals surface area contributed by atoms with Gasteiger partial charge in [0.05, 0.1) is 30.4 Å². The lowest BCUT2D eigenvalue weighted by Crippen LogP contribution is -2.26. The Bertz CT molecular complexity index is 1120. The van der Waals surface area contributed by atoms with Gasteiger partial charge in [0.2, 0.25) is 0 Å². The number of esters is 1. The second kappa shape index (κ2) is 12.4. The van der Waals surface area contributed by atoms with E-state index < -0.39 is 0 Å². The normalized spacial score (nSPS) is 11.5. The fraction of sp³-hybridized carbons (Fsp3) is 0.464. The molecule has 0 aliphatic rings. The van der Waals surface area contributed by atoms with Crippen LogP contribution in [0.5, 0.6) is 5.75 Å². The summed E-state index contributed by atoms with van der Waals surface area (Å²) >= 11 is 0. The highest BCUT2D eigenvalue weighted by Crippen LogP contribution is 2.23. The Hall–Kier alpha value is -3.15. The first kappa shape index (κ1) is 25.5. The quantitative estimate of drug-likeness (QED) is 0.210. The molecule has 0 unspecified atom stereocenters. The Morgan fingerprint density at radius 1 is 0.971 bits per heavy atom. The molecule has 2 aromatic heterocycles. The molecule has 0 N–H and O–H groups in total. The van der Waals surface area contributed by atoms with Gasteiger partial charge in [0.25, 0.3) is 0 Å². The number of carbonyl (C=O) groups excluding carboxylic acids is 1. The van der Waals surface area contributed by atoms with E-state index in [1.54, 1.807) is 12.4 Å². The highest BCUT2D eigenvalue weighted by Gasteiger charge is 2.26. The Morgan fingerprint density at radius 2 is 1.65 bits per heavy atom. The van der Waals surface area contributed by atoms with Gasteiger partial charge < -0.3 is 13.9 Å². The number of ether oxygens (including phenoxy) is 2. The van der Waals surface area contributed by atoms with Crippen LogP contribution in [0.3, 0.4) is 0 Å². The lowest BCUT2D eigenvalue weighted by molar-refractivity contribution is -0.154. The molecule has 2 heterocycles. The number of benzene rings is 1. The summed E-state index contributed by atoms with van der Waals surface area (Å²) in [6.45, 7) is 7.03. The fourth-order valence-corrected chi connectivity index (χ4v) is 3.50. The van der Waals surface area contributed by atoms with Crippen molar-refractivity contribution in [2.45, 2.75) is 65.7 Å². The molecule has 0 amide bonds. The van der Waals surface area contributed by atoms with Gasteiger partial charge in [-0.25, -0.2) is 4.79 Å². The van der Waals surface area contributed by atoms with Crippen molar-refractivity contribution in [2.75, 3.05) is 13.2 Å². The van der Waals surface area contributed by atoms with Crippen molar-refractivity contribution >= 4 is 16.9 Å². The highest BCUT2D eigenvalue weighted by atomic mass is 16.5. The Balaban J connectivity index is 1.31. The van der Waals surface area contributed by atoms with Crippen molar-refractivity contribution in [3.8, 4) is 16.9 Å². The molecule has 6 heteroatoms. The van der Waals surface area contributed by atoms with Gasteiger partial charge in [-0.1, -0.05) is 44.7 Å². The molecule has 1 aromatic carbocycles. The average molecular weight is 466 g/mol. The van der Waals surface area contributed by atoms with Crippen LogP contribution in [0, 0.1) is 5.41 Å². The predicted molar refractivity (Wildman–Crippen MR) is 134 cm³/mol. The van der Waals surface area contributed by atoms with Gasteiger partial charge in [-0.15, -0.1) is 0 Å². The summed E-state index contributed by atoms with van der Waals surface area (Å²) in [6, 6.07) is 11.2. The van der Waals surface area contributed by atoms with Gasteiger partial charge in [-0.2, -0.15) is 0 Å². The monoisotopic (exact) mass is 465 g/mol. The summed E-state index contributed by atoms with van der Waals surface area (Å²) < 4.78 is 16.6. The van der Waals surface area contributed by atoms with Gasteiger partial charge in [0.1, 0.15) is 5.75 Å². The molecule has 0 saturated heterocycles. The van der Waals surface area contributed by atoms with Crippen LogP contribution < -0.4 is 10.4 Å². The molecule has 3 rings (SSSR count). The molecular formula is C28H35NO5. The van der Waals surface area contributed by atoms with Gasteiger partial charge in [0.15, 0.2) is 5.58 Å². The lowest BCUT2D eigenvalue weighted by atomic mass is 9.91. The van der Waals surface area contributed by atoms with Crippen LogP contribution in [0.2, 0.25) is 0 Å². The molecule has 0 radical (unpaired) electrons. The predicted octanol–water partition coefficient (Wildman–Crippen LogP) is 6.55. The van der Waals surface area contributed by atoms with Crippen molar-refractivity contribution < 1.29 is 18.7 Å². The molecular weight excluding hydrogens is 430 g/mol. The summed E-state index contributed by atoms with van der Waals surface area (Å²) in [7, 11) is 0. The van der Waals surface area contributed by atoms with Crippen molar-refractivity contribution in [3.05, 3.63) is 59.2 Å². The molecule has 34 heavy (non-hydrogen) atoms. The van der Waals surface area contributed by atoms with Gasteiger partial charge in [-0.05, 0) is 62.9 Å². The summed E-state index contributed by atoms with van der Waals surface area (Å²) in [5, 5.41) is 0.839. The summed E-state index contributed by atoms with van der Waals surface area (Å²) in [4.78, 5) is 28.2. The number of carbonyl (C=O) groups is 1. The SMILES string of the molecule is CCC(C)(C)C(=O)OCCCCCCCCOc1ccc(-c2cc3ccncc3oc2=O)cc1. The number of rotatable bonds is 13. The summed E-state index contributed by atoms with van der Waals surface area (Å²) in [5.41, 5.74) is 1.04. The van der Waals surface area contributed by atoms with Gasteiger partial charge in [0, 0.05) is 11.6 Å². The van der Waals surface area contributed by atoms with Crippen LogP contribution in [-0.4, -0.2) is 24.2 Å². The first-order chi connectivity index (χ1) is 16.4. The van der Waals surface area contributed by atoms with E-state index in [9.17, 15) is 9.59 Å². The number of nitrogens with zero attached hydrogens (tertiary/aromatic N) is 1. The van der Waals surface area contributed by atoms with Crippen molar-refractivity contribution in [3.63, 3.8) is 0 Å². The van der Waals surface area contributed by atoms with Crippen molar-refractivity contribution in [1.29, 1.82) is 0 Å². The van der Waals surface area contributed by atoms with E-state index in [0.717, 1.165) is 61.6 Å². The van der Waals surface area contributed by atoms with E-state index in [0.29, 0.717) is 24.4 Å². The van der Waals surface area contributed by atoms with Crippen molar-refractivity contribution in [1.82, 2.24) is 4.98 Å². The number of aromatic nitrogens is 1. The Kier molecular flexibility index (Phi) is 9.25. The lowest BCUT2D eigenvalue weighted by Gasteiger charge is -2.20. The summed E-state index contributed by atoms with van der Waals surface area (Å²) in [5.74, 6) is 0.688. The number of unbranched alkanes of at least 4 members (excludes halogenated alkanes) is 5. The zero-order chi connectivity index (χ0) is 24.4. The molecule has 0 aliphatic heterocycles. The number of pyridine rings is 1. The van der Waals surface area contributed by atoms with Crippen LogP contribution >= 0.6 is 0 Å². The Morgan fingerprint density at radius 3 is 2.35 bits per heavy atom. The number of hydrogen-bond donors (Lipinski definition) is 0. The van der Waals surface area contributed by atoms with E-state index in [2.05, 4.69) is 4.98 Å². The van der Waals surface area contributed by atoms with E-state index >= 15 is 0 Å². The van der Waals surface area contributed by atoms with E-state index in [1.165, 1.54) is 0 Å². The van der Waals surface area contributed by atoms with E-state index in [1.807, 2.05) is 57.2 Å². The smallest absolute Gasteiger partial charge is 0.344 e. The zero-order valence-corrected chi connectivity index (χ0v) is 20.5. The molecule has 0 fully saturated rings. The third-order valence-corrected chi connectivity index (χ3v) is 6.18. The minimum atomic E-state index is -0.385. The largest absolute Gasteiger partial charge is 0.494 e. The fourth-order valence-electron chi connectivity index (χ4n) is 3.50. The maximum absolute atomic E-state index is 12.3. The van der Waals surface area contributed by atoms with Crippen LogP contribution in [0.4, 0.5) is 0 Å². The molecule has 3 aromatic rings. The highest BCUT2D eigenvalue weighted by molar-refractivity contribution is 5.80. The maximum atomic E-state index is 12.3. The first-order valence-corrected chi connectivity index (χ1v) is 12.2. The third-order valence-electron chi connectivity index (χ3n) is 6.18. The second-order valence-electron chi connectivity index (χ2n) is 9.23. The standard InChI is InChI=1S/C28H35NO5/c1-4-28(2,3)27(31)33-18-10-8-6-5-7-9-17-32-23-13-11-21(12-14-23)24-19-22-15-16-29-20-25(22)34-26(24)30/h11-16,19-20H,4-10,17-18H2,1-3H3. The molecule has 182 valence electrons. The Labute approximate surface area is 201 Å². The zero-order valence-electron chi connectivity index (χ0n) is 20.5. The van der Waals surface area contributed by atoms with Gasteiger partial charge >= 0.3 is 11.6 Å². The topological polar surface area (TPSA) is 78.6 Å². The van der Waals surface area contributed by atoms with Crippen LogP contribution in [0.15, 0.2) is 58.0 Å². The van der Waals surface area contributed by atoms with Crippen LogP contribution in [0.25, 0.3) is 22.1 Å². The number of fused-ring (bicyclic) bond motifs is 1. The minimum absolute atomic E-state index is 0.0986. The molecule has 0 atom stereocenters. The van der Waals surface area contributed by atoms with Crippen molar-refractivity contribution in [2.24, 2.45) is 5.41 Å². The molecule has 0 aliphatic carbocycles. The maximum Gasteiger partial charge on any atom is 0.344 e. The van der Waals surface area contributed by atoms with E-state index in [-0.39, 0.29) is 17.0 Å². The van der Waals surface area contributed by atoms with Gasteiger partial charge in [-0.3, -0.25) is 9.78 Å². The minimum Gasteiger partial charge on any atom is -0.494 e. The first-order valence-electron chi connectivity index (χ1n) is 12.2. The third kappa shape index (κ3) is 7.17. The number of hydrogen-bond acceptors (Lipinski definition) is 6. The molecule has 6 nitrogen and oxygen atoms in total. The second-order valence-corrected chi connectivity index (χ2v) is 9.23. The summed E-state index contributed by atoms with van der Waals surface area (Å²) in [6.07, 6.45) is 10.4. The van der Waals surface area contributed by atoms with E-state index in [4.69, 9.17) is 13.9 Å². The van der Waals surface area contributed by atoms with Crippen LogP contribution in [0.1, 0.15) is 65.7 Å². The van der Waals surface area contributed by atoms with Crippen LogP contribution in [-0.2, 0) is 9.53 Å².